The standard InChI is InChI=1S/C10H14ClN3O/c1-10(2,6-11)14(3)9(15)8-4-12-7-13-5-8/h4-5,7H,6H2,1-3H3. The number of rotatable bonds is 3. The molecule has 1 heterocycles. The molecule has 0 aromatic carbocycles. The fourth-order valence-electron chi connectivity index (χ4n) is 0.968. The predicted octanol–water partition coefficient (Wildman–Crippen LogP) is 1.57. The molecule has 0 spiro atoms. The third-order valence-electron chi connectivity index (χ3n) is 2.35. The van der Waals surface area contributed by atoms with Gasteiger partial charge >= 0.3 is 0 Å². The fourth-order valence-corrected chi connectivity index (χ4v) is 1.15. The highest BCUT2D eigenvalue weighted by atomic mass is 35.5. The lowest BCUT2D eigenvalue weighted by Crippen LogP contribution is -2.46. The van der Waals surface area contributed by atoms with Crippen molar-refractivity contribution in [3.05, 3.63) is 24.3 Å². The van der Waals surface area contributed by atoms with Gasteiger partial charge in [-0.2, -0.15) is 0 Å². The van der Waals surface area contributed by atoms with Crippen LogP contribution in [0.2, 0.25) is 0 Å². The van der Waals surface area contributed by atoms with Gasteiger partial charge in [-0.15, -0.1) is 11.6 Å². The van der Waals surface area contributed by atoms with Crippen LogP contribution < -0.4 is 0 Å². The van der Waals surface area contributed by atoms with Gasteiger partial charge in [-0.1, -0.05) is 0 Å². The van der Waals surface area contributed by atoms with Crippen molar-refractivity contribution in [3.63, 3.8) is 0 Å². The molecule has 0 bridgehead atoms. The van der Waals surface area contributed by atoms with Crippen molar-refractivity contribution in [2.45, 2.75) is 19.4 Å². The van der Waals surface area contributed by atoms with E-state index < -0.39 is 0 Å². The Morgan fingerprint density at radius 1 is 1.47 bits per heavy atom. The van der Waals surface area contributed by atoms with Crippen molar-refractivity contribution < 1.29 is 4.79 Å². The van der Waals surface area contributed by atoms with Crippen LogP contribution in [0.15, 0.2) is 18.7 Å². The molecule has 0 aliphatic rings. The van der Waals surface area contributed by atoms with E-state index >= 15 is 0 Å². The van der Waals surface area contributed by atoms with Crippen LogP contribution in [0.4, 0.5) is 0 Å². The molecule has 1 aromatic rings. The summed E-state index contributed by atoms with van der Waals surface area (Å²) in [6.07, 6.45) is 4.38. The monoisotopic (exact) mass is 227 g/mol. The number of hydrogen-bond donors (Lipinski definition) is 0. The maximum absolute atomic E-state index is 11.9. The van der Waals surface area contributed by atoms with Crippen LogP contribution in [0.3, 0.4) is 0 Å². The van der Waals surface area contributed by atoms with Crippen molar-refractivity contribution in [2.24, 2.45) is 0 Å². The first-order valence-corrected chi connectivity index (χ1v) is 5.11. The van der Waals surface area contributed by atoms with Crippen LogP contribution in [-0.4, -0.2) is 39.2 Å². The number of carbonyl (C=O) groups is 1. The lowest BCUT2D eigenvalue weighted by atomic mass is 10.1. The highest BCUT2D eigenvalue weighted by Crippen LogP contribution is 2.16. The summed E-state index contributed by atoms with van der Waals surface area (Å²) in [6.45, 7) is 3.81. The Kier molecular flexibility index (Phi) is 3.63. The molecule has 5 heteroatoms. The second kappa shape index (κ2) is 4.57. The normalized spacial score (nSPS) is 11.2. The van der Waals surface area contributed by atoms with E-state index in [0.29, 0.717) is 11.4 Å². The molecule has 1 aromatic heterocycles. The van der Waals surface area contributed by atoms with E-state index in [0.717, 1.165) is 0 Å². The van der Waals surface area contributed by atoms with Gasteiger partial charge in [0.1, 0.15) is 6.33 Å². The number of aromatic nitrogens is 2. The Balaban J connectivity index is 2.87. The second-order valence-corrected chi connectivity index (χ2v) is 4.20. The van der Waals surface area contributed by atoms with E-state index in [2.05, 4.69) is 9.97 Å². The number of hydrogen-bond acceptors (Lipinski definition) is 3. The maximum Gasteiger partial charge on any atom is 0.257 e. The maximum atomic E-state index is 11.9. The predicted molar refractivity (Wildman–Crippen MR) is 58.9 cm³/mol. The van der Waals surface area contributed by atoms with Gasteiger partial charge in [0.25, 0.3) is 5.91 Å². The first kappa shape index (κ1) is 11.9. The third kappa shape index (κ3) is 2.65. The Labute approximate surface area is 94.3 Å². The summed E-state index contributed by atoms with van der Waals surface area (Å²) in [7, 11) is 1.72. The molecule has 0 saturated heterocycles. The van der Waals surface area contributed by atoms with Gasteiger partial charge in [-0.05, 0) is 13.8 Å². The summed E-state index contributed by atoms with van der Waals surface area (Å²) in [4.78, 5) is 21.1. The van der Waals surface area contributed by atoms with Gasteiger partial charge in [0.05, 0.1) is 11.1 Å². The highest BCUT2D eigenvalue weighted by Gasteiger charge is 2.27. The molecule has 0 radical (unpaired) electrons. The van der Waals surface area contributed by atoms with E-state index in [9.17, 15) is 4.79 Å². The molecule has 0 saturated carbocycles. The molecule has 4 nitrogen and oxygen atoms in total. The summed E-state index contributed by atoms with van der Waals surface area (Å²) in [6, 6.07) is 0. The zero-order valence-corrected chi connectivity index (χ0v) is 9.82. The Bertz CT molecular complexity index is 340. The SMILES string of the molecule is CN(C(=O)c1cncnc1)C(C)(C)CCl. The average molecular weight is 228 g/mol. The van der Waals surface area contributed by atoms with Crippen LogP contribution in [0.25, 0.3) is 0 Å². The molecule has 82 valence electrons. The minimum Gasteiger partial charge on any atom is -0.335 e. The summed E-state index contributed by atoms with van der Waals surface area (Å²) >= 11 is 5.79. The summed E-state index contributed by atoms with van der Waals surface area (Å²) in [5.74, 6) is 0.254. The smallest absolute Gasteiger partial charge is 0.257 e. The topological polar surface area (TPSA) is 46.1 Å². The van der Waals surface area contributed by atoms with Gasteiger partial charge in [0, 0.05) is 25.3 Å². The number of amides is 1. The Morgan fingerprint density at radius 3 is 2.47 bits per heavy atom. The first-order valence-electron chi connectivity index (χ1n) is 4.58. The summed E-state index contributed by atoms with van der Waals surface area (Å²) in [5, 5.41) is 0. The number of nitrogens with zero attached hydrogens (tertiary/aromatic N) is 3. The zero-order chi connectivity index (χ0) is 11.5. The molecule has 0 N–H and O–H groups in total. The lowest BCUT2D eigenvalue weighted by Gasteiger charge is -2.33. The molecular formula is C10H14ClN3O. The molecule has 1 rings (SSSR count). The van der Waals surface area contributed by atoms with Gasteiger partial charge in [0.2, 0.25) is 0 Å². The Morgan fingerprint density at radius 2 is 2.00 bits per heavy atom. The summed E-state index contributed by atoms with van der Waals surface area (Å²) in [5.41, 5.74) is 0.0901. The average Bonchev–Trinajstić information content (AvgIpc) is 2.28. The lowest BCUT2D eigenvalue weighted by molar-refractivity contribution is 0.0659. The van der Waals surface area contributed by atoms with Crippen molar-refractivity contribution >= 4 is 17.5 Å². The molecule has 15 heavy (non-hydrogen) atoms. The molecule has 1 amide bonds. The Hall–Kier alpha value is -1.16. The molecule has 0 aliphatic heterocycles. The van der Waals surface area contributed by atoms with E-state index in [1.54, 1.807) is 11.9 Å². The van der Waals surface area contributed by atoms with E-state index in [4.69, 9.17) is 11.6 Å². The van der Waals surface area contributed by atoms with Crippen LogP contribution in [0, 0.1) is 0 Å². The fraction of sp³-hybridized carbons (Fsp3) is 0.500. The number of carbonyl (C=O) groups excluding carboxylic acids is 1. The minimum atomic E-state index is -0.380. The number of alkyl halides is 1. The third-order valence-corrected chi connectivity index (χ3v) is 3.00. The van der Waals surface area contributed by atoms with E-state index in [-0.39, 0.29) is 11.4 Å². The number of halogens is 1. The van der Waals surface area contributed by atoms with E-state index in [1.807, 2.05) is 13.8 Å². The quantitative estimate of drug-likeness (QED) is 0.737. The minimum absolute atomic E-state index is 0.124. The van der Waals surface area contributed by atoms with Gasteiger partial charge in [-0.25, -0.2) is 9.97 Å². The first-order chi connectivity index (χ1) is 6.99. The van der Waals surface area contributed by atoms with Gasteiger partial charge in [0.15, 0.2) is 0 Å². The zero-order valence-electron chi connectivity index (χ0n) is 9.07. The van der Waals surface area contributed by atoms with Crippen molar-refractivity contribution in [3.8, 4) is 0 Å². The van der Waals surface area contributed by atoms with Gasteiger partial charge in [-0.3, -0.25) is 4.79 Å². The van der Waals surface area contributed by atoms with Crippen LogP contribution in [0.5, 0.6) is 0 Å². The molecule has 0 aliphatic carbocycles. The van der Waals surface area contributed by atoms with Gasteiger partial charge < -0.3 is 4.90 Å². The van der Waals surface area contributed by atoms with Crippen LogP contribution in [0.1, 0.15) is 24.2 Å². The van der Waals surface area contributed by atoms with Crippen molar-refractivity contribution in [1.29, 1.82) is 0 Å². The van der Waals surface area contributed by atoms with Crippen LogP contribution >= 0.6 is 11.6 Å². The molecule has 0 atom stereocenters. The van der Waals surface area contributed by atoms with Crippen molar-refractivity contribution in [2.75, 3.05) is 12.9 Å². The second-order valence-electron chi connectivity index (χ2n) is 3.94. The highest BCUT2D eigenvalue weighted by molar-refractivity contribution is 6.18. The van der Waals surface area contributed by atoms with E-state index in [1.165, 1.54) is 18.7 Å². The summed E-state index contributed by atoms with van der Waals surface area (Å²) < 4.78 is 0. The van der Waals surface area contributed by atoms with Crippen LogP contribution in [-0.2, 0) is 0 Å². The molecular weight excluding hydrogens is 214 g/mol. The largest absolute Gasteiger partial charge is 0.335 e. The van der Waals surface area contributed by atoms with Crippen molar-refractivity contribution in [1.82, 2.24) is 14.9 Å². The molecule has 0 unspecified atom stereocenters. The molecule has 0 fully saturated rings.